The van der Waals surface area contributed by atoms with Gasteiger partial charge in [-0.25, -0.2) is 0 Å². The monoisotopic (exact) mass is 247 g/mol. The largest absolute Gasteiger partial charge is 0.493 e. The lowest BCUT2D eigenvalue weighted by atomic mass is 9.78. The highest BCUT2D eigenvalue weighted by Gasteiger charge is 2.25. The molecule has 0 amide bonds. The average Bonchev–Trinajstić information content (AvgIpc) is 2.75. The van der Waals surface area contributed by atoms with Gasteiger partial charge < -0.3 is 10.1 Å². The molecule has 1 N–H and O–H groups in total. The molecule has 1 atom stereocenters. The minimum Gasteiger partial charge on any atom is -0.493 e. The van der Waals surface area contributed by atoms with Gasteiger partial charge in [0.05, 0.1) is 6.61 Å². The van der Waals surface area contributed by atoms with Crippen molar-refractivity contribution in [1.29, 1.82) is 0 Å². The number of rotatable bonds is 5. The molecule has 1 aromatic carbocycles. The predicted molar refractivity (Wildman–Crippen MR) is 76.4 cm³/mol. The van der Waals surface area contributed by atoms with Crippen LogP contribution in [0.2, 0.25) is 0 Å². The van der Waals surface area contributed by atoms with Crippen LogP contribution in [0.15, 0.2) is 18.2 Å². The van der Waals surface area contributed by atoms with Gasteiger partial charge in [0.2, 0.25) is 0 Å². The highest BCUT2D eigenvalue weighted by atomic mass is 16.5. The van der Waals surface area contributed by atoms with E-state index in [0.29, 0.717) is 6.04 Å². The van der Waals surface area contributed by atoms with E-state index < -0.39 is 0 Å². The van der Waals surface area contributed by atoms with Crippen molar-refractivity contribution in [2.24, 2.45) is 0 Å². The average molecular weight is 247 g/mol. The van der Waals surface area contributed by atoms with Crippen LogP contribution in [-0.4, -0.2) is 19.2 Å². The fourth-order valence-corrected chi connectivity index (χ4v) is 2.91. The molecule has 0 spiro atoms. The number of hydrogen-bond donors (Lipinski definition) is 1. The highest BCUT2D eigenvalue weighted by Crippen LogP contribution is 2.33. The first-order valence-corrected chi connectivity index (χ1v) is 7.02. The van der Waals surface area contributed by atoms with Crippen molar-refractivity contribution in [3.63, 3.8) is 0 Å². The van der Waals surface area contributed by atoms with Crippen LogP contribution in [-0.2, 0) is 11.8 Å². The maximum absolute atomic E-state index is 5.57. The summed E-state index contributed by atoms with van der Waals surface area (Å²) in [6.07, 6.45) is 2.21. The second-order valence-corrected chi connectivity index (χ2v) is 5.97. The molecule has 100 valence electrons. The van der Waals surface area contributed by atoms with Gasteiger partial charge in [-0.2, -0.15) is 0 Å². The molecule has 1 unspecified atom stereocenters. The Balaban J connectivity index is 2.14. The SMILES string of the molecule is CCNC(C)CC(C)(C)c1ccc2c(c1)CCO2. The Hall–Kier alpha value is -1.02. The van der Waals surface area contributed by atoms with Crippen LogP contribution in [0.4, 0.5) is 0 Å². The molecular weight excluding hydrogens is 222 g/mol. The minimum absolute atomic E-state index is 0.208. The summed E-state index contributed by atoms with van der Waals surface area (Å²) in [5.41, 5.74) is 3.01. The lowest BCUT2D eigenvalue weighted by Gasteiger charge is -2.29. The van der Waals surface area contributed by atoms with Crippen molar-refractivity contribution in [2.75, 3.05) is 13.2 Å². The molecule has 1 aliphatic rings. The van der Waals surface area contributed by atoms with Crippen LogP contribution in [0.1, 0.15) is 45.2 Å². The second-order valence-electron chi connectivity index (χ2n) is 5.97. The molecule has 0 radical (unpaired) electrons. The number of ether oxygens (including phenoxy) is 1. The Morgan fingerprint density at radius 3 is 2.89 bits per heavy atom. The molecule has 0 saturated carbocycles. The van der Waals surface area contributed by atoms with Gasteiger partial charge in [-0.1, -0.05) is 32.9 Å². The topological polar surface area (TPSA) is 21.3 Å². The Bertz CT molecular complexity index is 412. The van der Waals surface area contributed by atoms with E-state index in [0.717, 1.165) is 31.7 Å². The summed E-state index contributed by atoms with van der Waals surface area (Å²) in [5, 5.41) is 3.50. The fourth-order valence-electron chi connectivity index (χ4n) is 2.91. The van der Waals surface area contributed by atoms with E-state index in [2.05, 4.69) is 51.2 Å². The van der Waals surface area contributed by atoms with Gasteiger partial charge in [-0.3, -0.25) is 0 Å². The van der Waals surface area contributed by atoms with Gasteiger partial charge in [0.25, 0.3) is 0 Å². The summed E-state index contributed by atoms with van der Waals surface area (Å²) < 4.78 is 5.57. The Morgan fingerprint density at radius 2 is 2.17 bits per heavy atom. The molecular formula is C16H25NO. The zero-order valence-electron chi connectivity index (χ0n) is 12.0. The van der Waals surface area contributed by atoms with Crippen molar-refractivity contribution in [2.45, 2.75) is 52.0 Å². The van der Waals surface area contributed by atoms with Gasteiger partial charge >= 0.3 is 0 Å². The van der Waals surface area contributed by atoms with Crippen LogP contribution in [0.25, 0.3) is 0 Å². The van der Waals surface area contributed by atoms with Gasteiger partial charge in [-0.05, 0) is 42.5 Å². The first-order valence-electron chi connectivity index (χ1n) is 7.02. The summed E-state index contributed by atoms with van der Waals surface area (Å²) >= 11 is 0. The molecule has 1 aromatic rings. The maximum atomic E-state index is 5.57. The Labute approximate surface area is 111 Å². The van der Waals surface area contributed by atoms with Gasteiger partial charge in [0, 0.05) is 12.5 Å². The van der Waals surface area contributed by atoms with E-state index in [9.17, 15) is 0 Å². The van der Waals surface area contributed by atoms with E-state index in [4.69, 9.17) is 4.74 Å². The third-order valence-electron chi connectivity index (χ3n) is 3.84. The predicted octanol–water partition coefficient (Wildman–Crippen LogP) is 3.29. The quantitative estimate of drug-likeness (QED) is 0.862. The summed E-state index contributed by atoms with van der Waals surface area (Å²) in [7, 11) is 0. The minimum atomic E-state index is 0.208. The molecule has 0 fully saturated rings. The Morgan fingerprint density at radius 1 is 1.39 bits per heavy atom. The molecule has 0 saturated heterocycles. The molecule has 1 heterocycles. The molecule has 0 aromatic heterocycles. The molecule has 2 heteroatoms. The summed E-state index contributed by atoms with van der Waals surface area (Å²) in [6.45, 7) is 11.0. The molecule has 18 heavy (non-hydrogen) atoms. The van der Waals surface area contributed by atoms with E-state index in [1.54, 1.807) is 0 Å². The van der Waals surface area contributed by atoms with Crippen LogP contribution < -0.4 is 10.1 Å². The molecule has 1 aliphatic heterocycles. The maximum Gasteiger partial charge on any atom is 0.122 e. The van der Waals surface area contributed by atoms with E-state index >= 15 is 0 Å². The number of hydrogen-bond acceptors (Lipinski definition) is 2. The zero-order valence-corrected chi connectivity index (χ0v) is 12.0. The first kappa shape index (κ1) is 13.4. The Kier molecular flexibility index (Phi) is 3.96. The van der Waals surface area contributed by atoms with Crippen LogP contribution >= 0.6 is 0 Å². The second kappa shape index (κ2) is 5.31. The fraction of sp³-hybridized carbons (Fsp3) is 0.625. The van der Waals surface area contributed by atoms with Crippen molar-refractivity contribution in [3.8, 4) is 5.75 Å². The van der Waals surface area contributed by atoms with Crippen molar-refractivity contribution in [3.05, 3.63) is 29.3 Å². The van der Waals surface area contributed by atoms with E-state index in [-0.39, 0.29) is 5.41 Å². The number of nitrogens with one attached hydrogen (secondary N) is 1. The normalized spacial score (nSPS) is 16.2. The highest BCUT2D eigenvalue weighted by molar-refractivity contribution is 5.42. The van der Waals surface area contributed by atoms with Crippen molar-refractivity contribution in [1.82, 2.24) is 5.32 Å². The van der Waals surface area contributed by atoms with Gasteiger partial charge in [0.1, 0.15) is 5.75 Å². The van der Waals surface area contributed by atoms with Crippen LogP contribution in [0.3, 0.4) is 0 Å². The first-order chi connectivity index (χ1) is 8.53. The van der Waals surface area contributed by atoms with Crippen molar-refractivity contribution >= 4 is 0 Å². The molecule has 2 rings (SSSR count). The number of fused-ring (bicyclic) bond motifs is 1. The lowest BCUT2D eigenvalue weighted by Crippen LogP contribution is -2.33. The summed E-state index contributed by atoms with van der Waals surface area (Å²) in [5.74, 6) is 1.08. The lowest BCUT2D eigenvalue weighted by molar-refractivity contribution is 0.356. The van der Waals surface area contributed by atoms with Crippen molar-refractivity contribution < 1.29 is 4.74 Å². The third-order valence-corrected chi connectivity index (χ3v) is 3.84. The van der Waals surface area contributed by atoms with Crippen LogP contribution in [0, 0.1) is 0 Å². The number of benzene rings is 1. The third kappa shape index (κ3) is 2.86. The summed E-state index contributed by atoms with van der Waals surface area (Å²) in [4.78, 5) is 0. The summed E-state index contributed by atoms with van der Waals surface area (Å²) in [6, 6.07) is 7.25. The van der Waals surface area contributed by atoms with E-state index in [1.807, 2.05) is 0 Å². The van der Waals surface area contributed by atoms with Gasteiger partial charge in [0.15, 0.2) is 0 Å². The van der Waals surface area contributed by atoms with Crippen LogP contribution in [0.5, 0.6) is 5.75 Å². The van der Waals surface area contributed by atoms with Gasteiger partial charge in [-0.15, -0.1) is 0 Å². The standard InChI is InChI=1S/C16H25NO/c1-5-17-12(2)11-16(3,4)14-6-7-15-13(10-14)8-9-18-15/h6-7,10,12,17H,5,8-9,11H2,1-4H3. The zero-order chi connectivity index (χ0) is 13.2. The van der Waals surface area contributed by atoms with E-state index in [1.165, 1.54) is 11.1 Å². The molecule has 2 nitrogen and oxygen atoms in total. The molecule has 0 aliphatic carbocycles. The molecule has 0 bridgehead atoms. The smallest absolute Gasteiger partial charge is 0.122 e.